The molecule has 0 unspecified atom stereocenters. The van der Waals surface area contributed by atoms with Crippen LogP contribution in [0.4, 0.5) is 11.6 Å². The van der Waals surface area contributed by atoms with Gasteiger partial charge in [0.1, 0.15) is 0 Å². The first-order chi connectivity index (χ1) is 8.72. The van der Waals surface area contributed by atoms with Crippen molar-refractivity contribution in [2.24, 2.45) is 7.05 Å². The first-order valence-electron chi connectivity index (χ1n) is 5.71. The molecule has 0 fully saturated rings. The molecule has 0 saturated heterocycles. The second-order valence-corrected chi connectivity index (χ2v) is 4.18. The van der Waals surface area contributed by atoms with Crippen LogP contribution in [-0.2, 0) is 7.05 Å². The van der Waals surface area contributed by atoms with Crippen molar-refractivity contribution in [3.63, 3.8) is 0 Å². The monoisotopic (exact) mass is 239 g/mol. The molecule has 0 bridgehead atoms. The number of fused-ring (bicyclic) bond motifs is 1. The fourth-order valence-electron chi connectivity index (χ4n) is 1.88. The van der Waals surface area contributed by atoms with E-state index in [9.17, 15) is 0 Å². The minimum atomic E-state index is 0.588. The highest BCUT2D eigenvalue weighted by atomic mass is 15.3. The van der Waals surface area contributed by atoms with Crippen molar-refractivity contribution in [2.75, 3.05) is 5.32 Å². The van der Waals surface area contributed by atoms with Crippen LogP contribution in [0.2, 0.25) is 0 Å². The standard InChI is InChI=1S/C13H13N5/c1-9-12(8-18(2)17-9)16-13-14-7-10-5-3-4-6-11(10)15-13/h3-8H,1-2H3,(H,14,15,16). The number of nitrogens with zero attached hydrogens (tertiary/aromatic N) is 4. The predicted molar refractivity (Wildman–Crippen MR) is 70.8 cm³/mol. The molecule has 3 aromatic rings. The van der Waals surface area contributed by atoms with Crippen LogP contribution in [0.5, 0.6) is 0 Å². The number of rotatable bonds is 2. The molecule has 0 saturated carbocycles. The van der Waals surface area contributed by atoms with E-state index in [0.29, 0.717) is 5.95 Å². The second-order valence-electron chi connectivity index (χ2n) is 4.18. The van der Waals surface area contributed by atoms with E-state index < -0.39 is 0 Å². The molecule has 0 atom stereocenters. The van der Waals surface area contributed by atoms with Gasteiger partial charge in [-0.25, -0.2) is 9.97 Å². The fourth-order valence-corrected chi connectivity index (χ4v) is 1.88. The van der Waals surface area contributed by atoms with Crippen molar-refractivity contribution in [2.45, 2.75) is 6.92 Å². The molecule has 0 aliphatic rings. The lowest BCUT2D eigenvalue weighted by Gasteiger charge is -2.03. The van der Waals surface area contributed by atoms with E-state index >= 15 is 0 Å². The molecule has 5 nitrogen and oxygen atoms in total. The smallest absolute Gasteiger partial charge is 0.227 e. The van der Waals surface area contributed by atoms with Crippen molar-refractivity contribution in [3.8, 4) is 0 Å². The summed E-state index contributed by atoms with van der Waals surface area (Å²) in [7, 11) is 1.89. The van der Waals surface area contributed by atoms with Crippen LogP contribution < -0.4 is 5.32 Å². The Morgan fingerprint density at radius 2 is 2.06 bits per heavy atom. The zero-order valence-electron chi connectivity index (χ0n) is 10.3. The van der Waals surface area contributed by atoms with Gasteiger partial charge in [-0.15, -0.1) is 0 Å². The quantitative estimate of drug-likeness (QED) is 0.746. The van der Waals surface area contributed by atoms with Crippen LogP contribution in [0.1, 0.15) is 5.69 Å². The lowest BCUT2D eigenvalue weighted by molar-refractivity contribution is 0.756. The molecule has 0 radical (unpaired) electrons. The lowest BCUT2D eigenvalue weighted by atomic mass is 10.2. The first kappa shape index (κ1) is 10.7. The summed E-state index contributed by atoms with van der Waals surface area (Å²) in [4.78, 5) is 8.75. The maximum atomic E-state index is 4.46. The van der Waals surface area contributed by atoms with Crippen molar-refractivity contribution < 1.29 is 0 Å². The van der Waals surface area contributed by atoms with Gasteiger partial charge < -0.3 is 5.32 Å². The average Bonchev–Trinajstić information content (AvgIpc) is 2.68. The highest BCUT2D eigenvalue weighted by Gasteiger charge is 2.05. The molecule has 0 aliphatic carbocycles. The van der Waals surface area contributed by atoms with Crippen molar-refractivity contribution in [3.05, 3.63) is 42.4 Å². The molecule has 1 aromatic carbocycles. The summed E-state index contributed by atoms with van der Waals surface area (Å²) in [5.74, 6) is 0.588. The summed E-state index contributed by atoms with van der Waals surface area (Å²) in [6.45, 7) is 1.95. The third kappa shape index (κ3) is 1.90. The molecule has 0 amide bonds. The minimum Gasteiger partial charge on any atom is -0.321 e. The normalized spacial score (nSPS) is 10.8. The molecule has 90 valence electrons. The van der Waals surface area contributed by atoms with E-state index in [1.165, 1.54) is 0 Å². The Kier molecular flexibility index (Phi) is 2.44. The van der Waals surface area contributed by atoms with Gasteiger partial charge in [0.05, 0.1) is 16.9 Å². The topological polar surface area (TPSA) is 55.6 Å². The predicted octanol–water partition coefficient (Wildman–Crippen LogP) is 2.42. The zero-order chi connectivity index (χ0) is 12.5. The van der Waals surface area contributed by atoms with Crippen LogP contribution in [0.3, 0.4) is 0 Å². The van der Waals surface area contributed by atoms with E-state index in [4.69, 9.17) is 0 Å². The first-order valence-corrected chi connectivity index (χ1v) is 5.71. The Morgan fingerprint density at radius 3 is 2.83 bits per heavy atom. The van der Waals surface area contributed by atoms with E-state index in [1.54, 1.807) is 4.68 Å². The highest BCUT2D eigenvalue weighted by Crippen LogP contribution is 2.18. The molecule has 0 spiro atoms. The van der Waals surface area contributed by atoms with Gasteiger partial charge in [-0.05, 0) is 13.0 Å². The fraction of sp³-hybridized carbons (Fsp3) is 0.154. The van der Waals surface area contributed by atoms with Gasteiger partial charge >= 0.3 is 0 Å². The van der Waals surface area contributed by atoms with Crippen LogP contribution in [0, 0.1) is 6.92 Å². The SMILES string of the molecule is Cc1nn(C)cc1Nc1ncc2ccccc2n1. The maximum absolute atomic E-state index is 4.46. The number of aryl methyl sites for hydroxylation is 2. The van der Waals surface area contributed by atoms with E-state index in [-0.39, 0.29) is 0 Å². The summed E-state index contributed by atoms with van der Waals surface area (Å²) in [6, 6.07) is 7.91. The molecular formula is C13H13N5. The van der Waals surface area contributed by atoms with Crippen molar-refractivity contribution in [1.82, 2.24) is 19.7 Å². The largest absolute Gasteiger partial charge is 0.321 e. The summed E-state index contributed by atoms with van der Waals surface area (Å²) < 4.78 is 1.76. The number of hydrogen-bond acceptors (Lipinski definition) is 4. The number of nitrogens with one attached hydrogen (secondary N) is 1. The van der Waals surface area contributed by atoms with Crippen LogP contribution >= 0.6 is 0 Å². The highest BCUT2D eigenvalue weighted by molar-refractivity contribution is 5.78. The van der Waals surface area contributed by atoms with Gasteiger partial charge in [-0.3, -0.25) is 4.68 Å². The van der Waals surface area contributed by atoms with Gasteiger partial charge in [0, 0.05) is 24.8 Å². The molecule has 2 aromatic heterocycles. The summed E-state index contributed by atoms with van der Waals surface area (Å²) >= 11 is 0. The van der Waals surface area contributed by atoms with E-state index in [2.05, 4.69) is 20.4 Å². The van der Waals surface area contributed by atoms with Crippen LogP contribution in [0.15, 0.2) is 36.7 Å². The molecule has 18 heavy (non-hydrogen) atoms. The molecule has 3 rings (SSSR count). The van der Waals surface area contributed by atoms with Crippen molar-refractivity contribution in [1.29, 1.82) is 0 Å². The second kappa shape index (κ2) is 4.10. The third-order valence-electron chi connectivity index (χ3n) is 2.75. The van der Waals surface area contributed by atoms with Gasteiger partial charge in [0.2, 0.25) is 5.95 Å². The summed E-state index contributed by atoms with van der Waals surface area (Å²) in [6.07, 6.45) is 3.73. The molecule has 5 heteroatoms. The van der Waals surface area contributed by atoms with E-state index in [0.717, 1.165) is 22.3 Å². The lowest BCUT2D eigenvalue weighted by Crippen LogP contribution is -1.97. The Balaban J connectivity index is 1.97. The van der Waals surface area contributed by atoms with Crippen molar-refractivity contribution >= 4 is 22.5 Å². The maximum Gasteiger partial charge on any atom is 0.227 e. The number of hydrogen-bond donors (Lipinski definition) is 1. The van der Waals surface area contributed by atoms with Gasteiger partial charge in [0.25, 0.3) is 0 Å². The van der Waals surface area contributed by atoms with Gasteiger partial charge in [0.15, 0.2) is 0 Å². The van der Waals surface area contributed by atoms with Crippen LogP contribution in [0.25, 0.3) is 10.9 Å². The molecule has 1 N–H and O–H groups in total. The Hall–Kier alpha value is -2.43. The molecule has 0 aliphatic heterocycles. The third-order valence-corrected chi connectivity index (χ3v) is 2.75. The minimum absolute atomic E-state index is 0.588. The van der Waals surface area contributed by atoms with Crippen LogP contribution in [-0.4, -0.2) is 19.7 Å². The van der Waals surface area contributed by atoms with E-state index in [1.807, 2.05) is 50.6 Å². The van der Waals surface area contributed by atoms with Gasteiger partial charge in [-0.1, -0.05) is 18.2 Å². The molecular weight excluding hydrogens is 226 g/mol. The number of aromatic nitrogens is 4. The number of anilines is 2. The Bertz CT molecular complexity index is 701. The summed E-state index contributed by atoms with van der Waals surface area (Å²) in [5.41, 5.74) is 2.78. The molecule has 2 heterocycles. The Labute approximate surface area is 104 Å². The number of benzene rings is 1. The average molecular weight is 239 g/mol. The van der Waals surface area contributed by atoms with Gasteiger partial charge in [-0.2, -0.15) is 5.10 Å². The Morgan fingerprint density at radius 1 is 1.22 bits per heavy atom. The number of para-hydroxylation sites is 1. The zero-order valence-corrected chi connectivity index (χ0v) is 10.3. The summed E-state index contributed by atoms with van der Waals surface area (Å²) in [5, 5.41) is 8.48.